The number of halogens is 1. The molecule has 1 aromatic heterocycles. The van der Waals surface area contributed by atoms with E-state index in [1.807, 2.05) is 20.8 Å². The topological polar surface area (TPSA) is 66.9 Å². The van der Waals surface area contributed by atoms with Crippen molar-refractivity contribution in [2.24, 2.45) is 0 Å². The number of likely N-dealkylation sites (N-methyl/N-ethyl adjacent to an activating group) is 1. The van der Waals surface area contributed by atoms with Gasteiger partial charge in [0.1, 0.15) is 22.8 Å². The van der Waals surface area contributed by atoms with Crippen molar-refractivity contribution in [3.63, 3.8) is 0 Å². The fourth-order valence-corrected chi connectivity index (χ4v) is 1.62. The lowest BCUT2D eigenvalue weighted by molar-refractivity contribution is -0.121. The summed E-state index contributed by atoms with van der Waals surface area (Å²) >= 11 is 6.03. The Morgan fingerprint density at radius 3 is 2.61 bits per heavy atom. The third-order valence-electron chi connectivity index (χ3n) is 2.55. The van der Waals surface area contributed by atoms with Crippen molar-refractivity contribution in [1.82, 2.24) is 15.3 Å². The molecular weight excluding hydrogens is 252 g/mol. The fourth-order valence-electron chi connectivity index (χ4n) is 1.43. The average molecular weight is 271 g/mol. The van der Waals surface area contributed by atoms with Crippen LogP contribution in [-0.2, 0) is 11.2 Å². The van der Waals surface area contributed by atoms with Crippen LogP contribution in [0.15, 0.2) is 0 Å². The minimum Gasteiger partial charge on any atom is -0.358 e. The van der Waals surface area contributed by atoms with Gasteiger partial charge < -0.3 is 10.6 Å². The van der Waals surface area contributed by atoms with Gasteiger partial charge in [0.15, 0.2) is 0 Å². The number of carbonyl (C=O) groups is 1. The highest BCUT2D eigenvalue weighted by Gasteiger charge is 2.15. The van der Waals surface area contributed by atoms with Crippen molar-refractivity contribution in [3.05, 3.63) is 16.5 Å². The molecule has 0 saturated heterocycles. The molecule has 6 heteroatoms. The molecule has 1 amide bonds. The first-order valence-electron chi connectivity index (χ1n) is 6.06. The second-order valence-corrected chi connectivity index (χ2v) is 4.38. The number of anilines is 1. The highest BCUT2D eigenvalue weighted by atomic mass is 35.5. The molecule has 18 heavy (non-hydrogen) atoms. The van der Waals surface area contributed by atoms with Gasteiger partial charge in [0.2, 0.25) is 5.91 Å². The predicted molar refractivity (Wildman–Crippen MR) is 72.9 cm³/mol. The summed E-state index contributed by atoms with van der Waals surface area (Å²) in [5.41, 5.74) is 0.755. The summed E-state index contributed by atoms with van der Waals surface area (Å²) in [6.07, 6.45) is 0.699. The van der Waals surface area contributed by atoms with Crippen LogP contribution in [0, 0.1) is 6.92 Å². The molecule has 5 nitrogen and oxygen atoms in total. The fraction of sp³-hybridized carbons (Fsp3) is 0.583. The van der Waals surface area contributed by atoms with Crippen molar-refractivity contribution < 1.29 is 4.79 Å². The van der Waals surface area contributed by atoms with E-state index >= 15 is 0 Å². The Kier molecular flexibility index (Phi) is 5.34. The van der Waals surface area contributed by atoms with Crippen LogP contribution in [0.2, 0.25) is 5.15 Å². The molecule has 100 valence electrons. The third-order valence-corrected chi connectivity index (χ3v) is 2.91. The molecule has 0 spiro atoms. The Balaban J connectivity index is 2.89. The van der Waals surface area contributed by atoms with Gasteiger partial charge in [-0.15, -0.1) is 0 Å². The van der Waals surface area contributed by atoms with E-state index in [4.69, 9.17) is 11.6 Å². The minimum absolute atomic E-state index is 0.0651. The zero-order valence-corrected chi connectivity index (χ0v) is 11.9. The zero-order valence-electron chi connectivity index (χ0n) is 11.2. The van der Waals surface area contributed by atoms with Crippen molar-refractivity contribution in [1.29, 1.82) is 0 Å². The third kappa shape index (κ3) is 3.57. The van der Waals surface area contributed by atoms with Crippen molar-refractivity contribution >= 4 is 23.3 Å². The molecule has 0 aliphatic carbocycles. The Morgan fingerprint density at radius 1 is 1.39 bits per heavy atom. The monoisotopic (exact) mass is 270 g/mol. The van der Waals surface area contributed by atoms with Gasteiger partial charge in [0.05, 0.1) is 0 Å². The van der Waals surface area contributed by atoms with Crippen molar-refractivity contribution in [3.8, 4) is 0 Å². The molecule has 0 fully saturated rings. The molecule has 0 aromatic carbocycles. The van der Waals surface area contributed by atoms with Crippen LogP contribution < -0.4 is 10.6 Å². The van der Waals surface area contributed by atoms with E-state index in [1.165, 1.54) is 0 Å². The molecule has 1 heterocycles. The summed E-state index contributed by atoms with van der Waals surface area (Å²) in [4.78, 5) is 20.1. The Hall–Kier alpha value is -1.36. The van der Waals surface area contributed by atoms with E-state index in [-0.39, 0.29) is 11.9 Å². The molecule has 1 aromatic rings. The summed E-state index contributed by atoms with van der Waals surface area (Å²) in [7, 11) is 0. The number of nitrogens with zero attached hydrogens (tertiary/aromatic N) is 2. The summed E-state index contributed by atoms with van der Waals surface area (Å²) in [5.74, 6) is 1.21. The van der Waals surface area contributed by atoms with Crippen molar-refractivity contribution in [2.75, 3.05) is 11.9 Å². The maximum Gasteiger partial charge on any atom is 0.242 e. The molecule has 1 atom stereocenters. The number of carbonyl (C=O) groups excluding carboxylic acids is 1. The average Bonchev–Trinajstić information content (AvgIpc) is 2.34. The molecular formula is C12H19ClN4O. The second-order valence-electron chi connectivity index (χ2n) is 4.02. The molecule has 0 aliphatic heterocycles. The van der Waals surface area contributed by atoms with Gasteiger partial charge in [-0.3, -0.25) is 4.79 Å². The van der Waals surface area contributed by atoms with E-state index < -0.39 is 0 Å². The Morgan fingerprint density at radius 2 is 2.06 bits per heavy atom. The number of nitrogens with one attached hydrogen (secondary N) is 2. The second kappa shape index (κ2) is 6.54. The predicted octanol–water partition coefficient (Wildman–Crippen LogP) is 1.94. The molecule has 0 aliphatic rings. The highest BCUT2D eigenvalue weighted by molar-refractivity contribution is 6.30. The van der Waals surface area contributed by atoms with Gasteiger partial charge in [-0.05, 0) is 20.8 Å². The first-order valence-corrected chi connectivity index (χ1v) is 6.44. The first kappa shape index (κ1) is 14.7. The van der Waals surface area contributed by atoms with Crippen LogP contribution in [0.5, 0.6) is 0 Å². The zero-order chi connectivity index (χ0) is 13.7. The lowest BCUT2D eigenvalue weighted by Crippen LogP contribution is -2.37. The number of rotatable bonds is 5. The number of amides is 1. The summed E-state index contributed by atoms with van der Waals surface area (Å²) in [5, 5.41) is 6.24. The SMILES string of the molecule is CCNC(=O)C(C)Nc1nc(CC)nc(Cl)c1C. The van der Waals surface area contributed by atoms with E-state index in [2.05, 4.69) is 20.6 Å². The number of aromatic nitrogens is 2. The van der Waals surface area contributed by atoms with Crippen LogP contribution in [0.1, 0.15) is 32.2 Å². The number of hydrogen-bond acceptors (Lipinski definition) is 4. The van der Waals surface area contributed by atoms with E-state index in [0.717, 1.165) is 5.56 Å². The quantitative estimate of drug-likeness (QED) is 0.803. The number of aryl methyl sites for hydroxylation is 1. The first-order chi connectivity index (χ1) is 8.49. The summed E-state index contributed by atoms with van der Waals surface area (Å²) < 4.78 is 0. The molecule has 0 bridgehead atoms. The lowest BCUT2D eigenvalue weighted by Gasteiger charge is -2.16. The highest BCUT2D eigenvalue weighted by Crippen LogP contribution is 2.20. The maximum absolute atomic E-state index is 11.6. The molecule has 0 radical (unpaired) electrons. The normalized spacial score (nSPS) is 12.1. The van der Waals surface area contributed by atoms with E-state index in [1.54, 1.807) is 6.92 Å². The van der Waals surface area contributed by atoms with Gasteiger partial charge in [-0.1, -0.05) is 18.5 Å². The lowest BCUT2D eigenvalue weighted by atomic mass is 10.2. The molecule has 0 saturated carbocycles. The van der Waals surface area contributed by atoms with Gasteiger partial charge >= 0.3 is 0 Å². The van der Waals surface area contributed by atoms with Gasteiger partial charge in [0.25, 0.3) is 0 Å². The molecule has 1 unspecified atom stereocenters. The molecule has 2 N–H and O–H groups in total. The summed E-state index contributed by atoms with van der Waals surface area (Å²) in [6.45, 7) is 8.06. The van der Waals surface area contributed by atoms with E-state index in [0.29, 0.717) is 29.8 Å². The van der Waals surface area contributed by atoms with Crippen LogP contribution in [0.3, 0.4) is 0 Å². The van der Waals surface area contributed by atoms with Crippen molar-refractivity contribution in [2.45, 2.75) is 40.2 Å². The molecule has 1 rings (SSSR count). The van der Waals surface area contributed by atoms with Crippen LogP contribution in [-0.4, -0.2) is 28.5 Å². The minimum atomic E-state index is -0.362. The van der Waals surface area contributed by atoms with E-state index in [9.17, 15) is 4.79 Å². The largest absolute Gasteiger partial charge is 0.358 e. The van der Waals surface area contributed by atoms with Crippen LogP contribution in [0.4, 0.5) is 5.82 Å². The Bertz CT molecular complexity index is 436. The van der Waals surface area contributed by atoms with Gasteiger partial charge in [0, 0.05) is 18.5 Å². The smallest absolute Gasteiger partial charge is 0.242 e. The standard InChI is InChI=1S/C12H19ClN4O/c1-5-9-16-10(13)7(3)11(17-9)15-8(4)12(18)14-6-2/h8H,5-6H2,1-4H3,(H,14,18)(H,15,16,17). The Labute approximate surface area is 112 Å². The maximum atomic E-state index is 11.6. The van der Waals surface area contributed by atoms with Gasteiger partial charge in [-0.2, -0.15) is 0 Å². The van der Waals surface area contributed by atoms with Crippen LogP contribution in [0.25, 0.3) is 0 Å². The van der Waals surface area contributed by atoms with Crippen LogP contribution >= 0.6 is 11.6 Å². The summed E-state index contributed by atoms with van der Waals surface area (Å²) in [6, 6.07) is -0.362. The number of hydrogen-bond donors (Lipinski definition) is 2. The van der Waals surface area contributed by atoms with Gasteiger partial charge in [-0.25, -0.2) is 9.97 Å².